The quantitative estimate of drug-likeness (QED) is 0.628. The van der Waals surface area contributed by atoms with Gasteiger partial charge in [0, 0.05) is 17.0 Å². The summed E-state index contributed by atoms with van der Waals surface area (Å²) in [6.45, 7) is 3.28. The Kier molecular flexibility index (Phi) is 3.96. The molecule has 0 aliphatic rings. The van der Waals surface area contributed by atoms with Crippen molar-refractivity contribution >= 4 is 22.8 Å². The van der Waals surface area contributed by atoms with E-state index >= 15 is 0 Å². The first-order chi connectivity index (χ1) is 10.6. The average Bonchev–Trinajstić information content (AvgIpc) is 2.77. The minimum Gasteiger partial charge on any atom is -0.369 e. The lowest BCUT2D eigenvalue weighted by Gasteiger charge is -2.20. The highest BCUT2D eigenvalue weighted by molar-refractivity contribution is 5.97. The number of carbonyl (C=O) groups excluding carboxylic acids is 2. The fourth-order valence-electron chi connectivity index (χ4n) is 2.37. The van der Waals surface area contributed by atoms with Gasteiger partial charge in [0.15, 0.2) is 0 Å². The molecule has 2 rings (SSSR count). The van der Waals surface area contributed by atoms with Gasteiger partial charge in [0.1, 0.15) is 5.75 Å². The molecular weight excluding hydrogens is 304 g/mol. The lowest BCUT2D eigenvalue weighted by molar-refractivity contribution is -0.710. The standard InChI is InChI=1S/C14H16N4O5/c1-14(2,12(15)19)6-8-7-17(13(16)20)9-4-3-5-10(11(8)9)23-18(21)22/h3-5,7H,6H2,1-2H3,(H2,15,19)(H2,16,20). The summed E-state index contributed by atoms with van der Waals surface area (Å²) in [6.07, 6.45) is 1.60. The number of amides is 2. The van der Waals surface area contributed by atoms with Gasteiger partial charge >= 0.3 is 6.03 Å². The molecule has 23 heavy (non-hydrogen) atoms. The number of benzene rings is 1. The predicted molar refractivity (Wildman–Crippen MR) is 81.2 cm³/mol. The first kappa shape index (κ1) is 16.3. The molecule has 0 unspecified atom stereocenters. The van der Waals surface area contributed by atoms with Crippen LogP contribution in [0.15, 0.2) is 24.4 Å². The van der Waals surface area contributed by atoms with Crippen molar-refractivity contribution in [3.63, 3.8) is 0 Å². The normalized spacial score (nSPS) is 11.4. The van der Waals surface area contributed by atoms with E-state index in [9.17, 15) is 19.7 Å². The van der Waals surface area contributed by atoms with Crippen LogP contribution in [0.5, 0.6) is 5.75 Å². The van der Waals surface area contributed by atoms with Crippen molar-refractivity contribution in [3.8, 4) is 5.75 Å². The monoisotopic (exact) mass is 320 g/mol. The van der Waals surface area contributed by atoms with Crippen LogP contribution >= 0.6 is 0 Å². The van der Waals surface area contributed by atoms with Crippen LogP contribution in [0.4, 0.5) is 4.79 Å². The van der Waals surface area contributed by atoms with Crippen molar-refractivity contribution in [2.24, 2.45) is 16.9 Å². The second kappa shape index (κ2) is 5.59. The molecule has 1 aromatic carbocycles. The van der Waals surface area contributed by atoms with Crippen LogP contribution < -0.4 is 16.3 Å². The Morgan fingerprint density at radius 3 is 2.52 bits per heavy atom. The van der Waals surface area contributed by atoms with E-state index < -0.39 is 22.4 Å². The maximum atomic E-state index is 11.6. The molecule has 0 saturated carbocycles. The summed E-state index contributed by atoms with van der Waals surface area (Å²) in [4.78, 5) is 38.4. The van der Waals surface area contributed by atoms with Gasteiger partial charge in [-0.2, -0.15) is 0 Å². The van der Waals surface area contributed by atoms with E-state index in [0.717, 1.165) is 4.57 Å². The van der Waals surface area contributed by atoms with E-state index in [1.54, 1.807) is 19.9 Å². The maximum Gasteiger partial charge on any atom is 0.323 e. The Balaban J connectivity index is 2.70. The Bertz CT molecular complexity index is 809. The summed E-state index contributed by atoms with van der Waals surface area (Å²) in [5, 5.41) is 10.1. The molecule has 9 heteroatoms. The van der Waals surface area contributed by atoms with E-state index in [-0.39, 0.29) is 12.2 Å². The number of fused-ring (bicyclic) bond motifs is 1. The van der Waals surface area contributed by atoms with E-state index in [4.69, 9.17) is 11.5 Å². The van der Waals surface area contributed by atoms with Crippen LogP contribution in [-0.4, -0.2) is 21.6 Å². The number of aromatic nitrogens is 1. The molecule has 0 radical (unpaired) electrons. The Morgan fingerprint density at radius 2 is 2.00 bits per heavy atom. The molecule has 0 atom stereocenters. The Morgan fingerprint density at radius 1 is 1.35 bits per heavy atom. The van der Waals surface area contributed by atoms with Crippen LogP contribution in [-0.2, 0) is 11.2 Å². The van der Waals surface area contributed by atoms with Crippen molar-refractivity contribution in [1.29, 1.82) is 0 Å². The molecule has 0 fully saturated rings. The fourth-order valence-corrected chi connectivity index (χ4v) is 2.37. The van der Waals surface area contributed by atoms with Gasteiger partial charge in [0.25, 0.3) is 5.09 Å². The van der Waals surface area contributed by atoms with E-state index in [1.165, 1.54) is 18.3 Å². The molecule has 1 heterocycles. The zero-order chi connectivity index (χ0) is 17.4. The van der Waals surface area contributed by atoms with E-state index in [0.29, 0.717) is 16.5 Å². The third-order valence-electron chi connectivity index (χ3n) is 3.58. The smallest absolute Gasteiger partial charge is 0.323 e. The average molecular weight is 320 g/mol. The topological polar surface area (TPSA) is 143 Å². The van der Waals surface area contributed by atoms with Crippen molar-refractivity contribution in [2.45, 2.75) is 20.3 Å². The lowest BCUT2D eigenvalue weighted by atomic mass is 9.85. The molecule has 0 aliphatic heterocycles. The summed E-state index contributed by atoms with van der Waals surface area (Å²) < 4.78 is 1.15. The molecule has 1 aromatic heterocycles. The molecule has 2 aromatic rings. The first-order valence-electron chi connectivity index (χ1n) is 6.68. The summed E-state index contributed by atoms with van der Waals surface area (Å²) >= 11 is 0. The van der Waals surface area contributed by atoms with Gasteiger partial charge in [-0.1, -0.05) is 19.9 Å². The number of carbonyl (C=O) groups is 2. The van der Waals surface area contributed by atoms with Gasteiger partial charge in [0.05, 0.1) is 5.52 Å². The van der Waals surface area contributed by atoms with Crippen molar-refractivity contribution < 1.29 is 19.5 Å². The molecule has 122 valence electrons. The predicted octanol–water partition coefficient (Wildman–Crippen LogP) is 1.19. The summed E-state index contributed by atoms with van der Waals surface area (Å²) in [5.74, 6) is -0.576. The molecule has 2 amide bonds. The molecule has 4 N–H and O–H groups in total. The number of rotatable bonds is 5. The van der Waals surface area contributed by atoms with Gasteiger partial charge in [-0.25, -0.2) is 4.79 Å². The molecule has 0 spiro atoms. The molecule has 0 bridgehead atoms. The highest BCUT2D eigenvalue weighted by Gasteiger charge is 2.28. The molecule has 0 saturated heterocycles. The Labute approximate surface area is 130 Å². The summed E-state index contributed by atoms with van der Waals surface area (Å²) in [5.41, 5.74) is 10.6. The zero-order valence-electron chi connectivity index (χ0n) is 12.6. The lowest BCUT2D eigenvalue weighted by Crippen LogP contribution is -2.33. The van der Waals surface area contributed by atoms with E-state index in [1.807, 2.05) is 0 Å². The summed E-state index contributed by atoms with van der Waals surface area (Å²) in [7, 11) is 0. The van der Waals surface area contributed by atoms with Gasteiger partial charge in [-0.3, -0.25) is 14.2 Å². The third-order valence-corrected chi connectivity index (χ3v) is 3.58. The van der Waals surface area contributed by atoms with Gasteiger partial charge in [0.2, 0.25) is 5.91 Å². The minimum absolute atomic E-state index is 0.0391. The Hall–Kier alpha value is -3.10. The van der Waals surface area contributed by atoms with Crippen LogP contribution in [0.1, 0.15) is 19.4 Å². The zero-order valence-corrected chi connectivity index (χ0v) is 12.6. The summed E-state index contributed by atoms with van der Waals surface area (Å²) in [6, 6.07) is 3.73. The van der Waals surface area contributed by atoms with Gasteiger partial charge in [-0.05, 0) is 24.1 Å². The first-order valence-corrected chi connectivity index (χ1v) is 6.68. The highest BCUT2D eigenvalue weighted by atomic mass is 17.0. The second-order valence-corrected chi connectivity index (χ2v) is 5.75. The SMILES string of the molecule is CC(C)(Cc1cn(C(N)=O)c2cccc(O[N+](=O)[O-])c12)C(N)=O. The fraction of sp³-hybridized carbons (Fsp3) is 0.286. The third kappa shape index (κ3) is 3.07. The maximum absolute atomic E-state index is 11.6. The van der Waals surface area contributed by atoms with Gasteiger partial charge < -0.3 is 11.5 Å². The number of nitrogens with zero attached hydrogens (tertiary/aromatic N) is 2. The van der Waals surface area contributed by atoms with Crippen LogP contribution in [0.3, 0.4) is 0 Å². The number of primary amides is 2. The molecule has 9 nitrogen and oxygen atoms in total. The molecule has 0 aliphatic carbocycles. The van der Waals surface area contributed by atoms with Crippen LogP contribution in [0, 0.1) is 15.5 Å². The van der Waals surface area contributed by atoms with Crippen molar-refractivity contribution in [1.82, 2.24) is 4.57 Å². The number of hydrogen-bond donors (Lipinski definition) is 2. The molecular formula is C14H16N4O5. The number of nitrogens with two attached hydrogens (primary N) is 2. The highest BCUT2D eigenvalue weighted by Crippen LogP contribution is 2.34. The van der Waals surface area contributed by atoms with E-state index in [2.05, 4.69) is 4.84 Å². The van der Waals surface area contributed by atoms with Gasteiger partial charge in [-0.15, -0.1) is 10.1 Å². The van der Waals surface area contributed by atoms with Crippen molar-refractivity contribution in [3.05, 3.63) is 40.1 Å². The number of hydrogen-bond acceptors (Lipinski definition) is 5. The van der Waals surface area contributed by atoms with Crippen LogP contribution in [0.25, 0.3) is 10.9 Å². The van der Waals surface area contributed by atoms with Crippen molar-refractivity contribution in [2.75, 3.05) is 0 Å². The second-order valence-electron chi connectivity index (χ2n) is 5.75. The minimum atomic E-state index is -0.945. The van der Waals surface area contributed by atoms with Crippen LogP contribution in [0.2, 0.25) is 0 Å². The largest absolute Gasteiger partial charge is 0.369 e.